The Hall–Kier alpha value is -1.32. The average Bonchev–Trinajstić information content (AvgIpc) is 2.32. The van der Waals surface area contributed by atoms with Gasteiger partial charge in [0.05, 0.1) is 6.20 Å². The molecule has 0 aliphatic heterocycles. The van der Waals surface area contributed by atoms with Gasteiger partial charge in [-0.15, -0.1) is 0 Å². The summed E-state index contributed by atoms with van der Waals surface area (Å²) in [6, 6.07) is 1.78. The van der Waals surface area contributed by atoms with Gasteiger partial charge in [0, 0.05) is 19.5 Å². The van der Waals surface area contributed by atoms with E-state index in [1.54, 1.807) is 24.0 Å². The molecule has 1 aromatic heterocycles. The Morgan fingerprint density at radius 1 is 1.57 bits per heavy atom. The predicted octanol–water partition coefficient (Wildman–Crippen LogP) is 1.79. The smallest absolute Gasteiger partial charge is 0.226 e. The van der Waals surface area contributed by atoms with E-state index >= 15 is 0 Å². The fourth-order valence-electron chi connectivity index (χ4n) is 1.17. The molecule has 1 heterocycles. The van der Waals surface area contributed by atoms with Crippen molar-refractivity contribution in [2.75, 3.05) is 5.32 Å². The molecule has 0 bridgehead atoms. The van der Waals surface area contributed by atoms with Crippen LogP contribution in [-0.4, -0.2) is 15.7 Å². The first-order valence-corrected chi connectivity index (χ1v) is 4.66. The molecule has 0 atom stereocenters. The molecular formula is C10H17N3O. The van der Waals surface area contributed by atoms with Crippen molar-refractivity contribution in [3.63, 3.8) is 0 Å². The van der Waals surface area contributed by atoms with E-state index in [0.717, 1.165) is 5.82 Å². The van der Waals surface area contributed by atoms with E-state index in [-0.39, 0.29) is 11.3 Å². The number of carbonyl (C=O) groups excluding carboxylic acids is 1. The number of aromatic nitrogens is 2. The summed E-state index contributed by atoms with van der Waals surface area (Å²) in [6.45, 7) is 6.11. The van der Waals surface area contributed by atoms with E-state index in [1.807, 2.05) is 20.8 Å². The number of rotatable bonds is 2. The molecule has 4 heteroatoms. The van der Waals surface area contributed by atoms with Crippen LogP contribution in [0.5, 0.6) is 0 Å². The van der Waals surface area contributed by atoms with Crippen molar-refractivity contribution in [1.82, 2.24) is 9.78 Å². The minimum Gasteiger partial charge on any atom is -0.311 e. The number of nitrogens with zero attached hydrogens (tertiary/aromatic N) is 2. The van der Waals surface area contributed by atoms with E-state index in [1.165, 1.54) is 0 Å². The number of amides is 1. The number of aryl methyl sites for hydroxylation is 1. The summed E-state index contributed by atoms with van der Waals surface area (Å²) in [4.78, 5) is 11.5. The molecule has 1 amide bonds. The molecule has 4 nitrogen and oxygen atoms in total. The monoisotopic (exact) mass is 195 g/mol. The molecule has 0 radical (unpaired) electrons. The quantitative estimate of drug-likeness (QED) is 0.782. The number of nitrogens with one attached hydrogen (secondary N) is 1. The van der Waals surface area contributed by atoms with E-state index in [4.69, 9.17) is 0 Å². The normalized spacial score (nSPS) is 11.4. The van der Waals surface area contributed by atoms with E-state index in [9.17, 15) is 4.79 Å². The third-order valence-electron chi connectivity index (χ3n) is 1.78. The van der Waals surface area contributed by atoms with Crippen LogP contribution in [0.1, 0.15) is 27.2 Å². The molecule has 0 spiro atoms. The van der Waals surface area contributed by atoms with Crippen molar-refractivity contribution in [2.45, 2.75) is 27.2 Å². The highest BCUT2D eigenvalue weighted by molar-refractivity contribution is 5.90. The maximum atomic E-state index is 11.5. The number of carbonyl (C=O) groups is 1. The Kier molecular flexibility index (Phi) is 2.93. The van der Waals surface area contributed by atoms with Crippen LogP contribution in [0.25, 0.3) is 0 Å². The van der Waals surface area contributed by atoms with Crippen LogP contribution >= 0.6 is 0 Å². The van der Waals surface area contributed by atoms with Crippen molar-refractivity contribution in [3.8, 4) is 0 Å². The van der Waals surface area contributed by atoms with Crippen molar-refractivity contribution in [3.05, 3.63) is 12.3 Å². The standard InChI is InChI=1S/C10H17N3O/c1-10(2,3)7-9(14)12-8-5-6-11-13(8)4/h5-6H,7H2,1-4H3,(H,12,14). The maximum Gasteiger partial charge on any atom is 0.226 e. The zero-order valence-corrected chi connectivity index (χ0v) is 9.16. The molecule has 0 unspecified atom stereocenters. The summed E-state index contributed by atoms with van der Waals surface area (Å²) in [5.74, 6) is 0.764. The van der Waals surface area contributed by atoms with Crippen LogP contribution in [0, 0.1) is 5.41 Å². The molecule has 78 valence electrons. The van der Waals surface area contributed by atoms with Gasteiger partial charge in [0.2, 0.25) is 5.91 Å². The lowest BCUT2D eigenvalue weighted by atomic mass is 9.92. The second kappa shape index (κ2) is 3.82. The Morgan fingerprint density at radius 2 is 2.21 bits per heavy atom. The zero-order valence-electron chi connectivity index (χ0n) is 9.16. The maximum absolute atomic E-state index is 11.5. The molecule has 0 aliphatic rings. The molecule has 1 N–H and O–H groups in total. The fourth-order valence-corrected chi connectivity index (χ4v) is 1.17. The van der Waals surface area contributed by atoms with Gasteiger partial charge in [0.25, 0.3) is 0 Å². The van der Waals surface area contributed by atoms with Gasteiger partial charge < -0.3 is 5.32 Å². The highest BCUT2D eigenvalue weighted by atomic mass is 16.1. The summed E-state index contributed by atoms with van der Waals surface area (Å²) in [5, 5.41) is 6.78. The molecule has 14 heavy (non-hydrogen) atoms. The molecule has 1 aromatic rings. The van der Waals surface area contributed by atoms with E-state index < -0.39 is 0 Å². The van der Waals surface area contributed by atoms with Gasteiger partial charge in [0.1, 0.15) is 5.82 Å². The second-order valence-corrected chi connectivity index (χ2v) is 4.63. The van der Waals surface area contributed by atoms with Gasteiger partial charge in [-0.1, -0.05) is 20.8 Å². The molecule has 0 fully saturated rings. The summed E-state index contributed by atoms with van der Waals surface area (Å²) in [5.41, 5.74) is 0.0165. The SMILES string of the molecule is Cn1nccc1NC(=O)CC(C)(C)C. The minimum atomic E-state index is 0.0165. The first-order chi connectivity index (χ1) is 6.38. The summed E-state index contributed by atoms with van der Waals surface area (Å²) >= 11 is 0. The fraction of sp³-hybridized carbons (Fsp3) is 0.600. The summed E-state index contributed by atoms with van der Waals surface area (Å²) in [7, 11) is 1.80. The zero-order chi connectivity index (χ0) is 10.8. The van der Waals surface area contributed by atoms with Crippen LogP contribution in [0.2, 0.25) is 0 Å². The molecule has 0 aromatic carbocycles. The highest BCUT2D eigenvalue weighted by Crippen LogP contribution is 2.19. The van der Waals surface area contributed by atoms with E-state index in [2.05, 4.69) is 10.4 Å². The molecule has 1 rings (SSSR count). The van der Waals surface area contributed by atoms with Gasteiger partial charge in [-0.3, -0.25) is 9.48 Å². The lowest BCUT2D eigenvalue weighted by Crippen LogP contribution is -2.20. The van der Waals surface area contributed by atoms with Crippen LogP contribution in [0.4, 0.5) is 5.82 Å². The van der Waals surface area contributed by atoms with Crippen LogP contribution in [-0.2, 0) is 11.8 Å². The van der Waals surface area contributed by atoms with Crippen molar-refractivity contribution in [2.24, 2.45) is 12.5 Å². The Bertz CT molecular complexity index is 322. The largest absolute Gasteiger partial charge is 0.311 e. The van der Waals surface area contributed by atoms with Gasteiger partial charge >= 0.3 is 0 Å². The van der Waals surface area contributed by atoms with Crippen LogP contribution in [0.15, 0.2) is 12.3 Å². The lowest BCUT2D eigenvalue weighted by Gasteiger charge is -2.17. The Balaban J connectivity index is 2.54. The topological polar surface area (TPSA) is 46.9 Å². The first kappa shape index (κ1) is 10.8. The van der Waals surface area contributed by atoms with Crippen molar-refractivity contribution < 1.29 is 4.79 Å². The predicted molar refractivity (Wildman–Crippen MR) is 55.9 cm³/mol. The summed E-state index contributed by atoms with van der Waals surface area (Å²) < 4.78 is 1.64. The molecule has 0 saturated heterocycles. The van der Waals surface area contributed by atoms with Gasteiger partial charge in [0.15, 0.2) is 0 Å². The first-order valence-electron chi connectivity index (χ1n) is 4.66. The third kappa shape index (κ3) is 3.20. The average molecular weight is 195 g/mol. The Labute approximate surface area is 84.3 Å². The third-order valence-corrected chi connectivity index (χ3v) is 1.78. The number of hydrogen-bond donors (Lipinski definition) is 1. The highest BCUT2D eigenvalue weighted by Gasteiger charge is 2.16. The van der Waals surface area contributed by atoms with Crippen molar-refractivity contribution in [1.29, 1.82) is 0 Å². The van der Waals surface area contributed by atoms with Gasteiger partial charge in [-0.05, 0) is 5.41 Å². The van der Waals surface area contributed by atoms with E-state index in [0.29, 0.717) is 6.42 Å². The van der Waals surface area contributed by atoms with Crippen molar-refractivity contribution >= 4 is 11.7 Å². The molecule has 0 aliphatic carbocycles. The number of hydrogen-bond acceptors (Lipinski definition) is 2. The van der Waals surface area contributed by atoms with Crippen LogP contribution in [0.3, 0.4) is 0 Å². The molecular weight excluding hydrogens is 178 g/mol. The molecule has 0 saturated carbocycles. The lowest BCUT2D eigenvalue weighted by molar-refractivity contribution is -0.117. The number of anilines is 1. The summed E-state index contributed by atoms with van der Waals surface area (Å²) in [6.07, 6.45) is 2.17. The Morgan fingerprint density at radius 3 is 2.64 bits per heavy atom. The van der Waals surface area contributed by atoms with Gasteiger partial charge in [-0.25, -0.2) is 0 Å². The second-order valence-electron chi connectivity index (χ2n) is 4.63. The van der Waals surface area contributed by atoms with Gasteiger partial charge in [-0.2, -0.15) is 5.10 Å². The van der Waals surface area contributed by atoms with Crippen LogP contribution < -0.4 is 5.32 Å². The minimum absolute atomic E-state index is 0.0165.